The highest BCUT2D eigenvalue weighted by atomic mass is 15.1. The van der Waals surface area contributed by atoms with Crippen LogP contribution < -0.4 is 5.73 Å². The van der Waals surface area contributed by atoms with Gasteiger partial charge in [0.05, 0.1) is 0 Å². The lowest BCUT2D eigenvalue weighted by Crippen LogP contribution is -2.40. The van der Waals surface area contributed by atoms with E-state index in [-0.39, 0.29) is 0 Å². The van der Waals surface area contributed by atoms with Crippen LogP contribution in [0.3, 0.4) is 0 Å². The van der Waals surface area contributed by atoms with Crippen molar-refractivity contribution in [3.8, 4) is 0 Å². The van der Waals surface area contributed by atoms with Gasteiger partial charge in [0.2, 0.25) is 0 Å². The molecule has 0 heterocycles. The predicted octanol–water partition coefficient (Wildman–Crippen LogP) is 3.90. The Hall–Kier alpha value is -0.860. The van der Waals surface area contributed by atoms with Crippen LogP contribution >= 0.6 is 0 Å². The van der Waals surface area contributed by atoms with Crippen LogP contribution in [-0.4, -0.2) is 23.5 Å². The van der Waals surface area contributed by atoms with Crippen molar-refractivity contribution in [1.82, 2.24) is 4.90 Å². The molecule has 1 aromatic carbocycles. The number of hydrogen-bond acceptors (Lipinski definition) is 2. The molecule has 1 aliphatic rings. The van der Waals surface area contributed by atoms with Gasteiger partial charge in [-0.2, -0.15) is 0 Å². The molecule has 0 saturated heterocycles. The van der Waals surface area contributed by atoms with E-state index in [0.29, 0.717) is 12.0 Å². The summed E-state index contributed by atoms with van der Waals surface area (Å²) in [7, 11) is 0. The van der Waals surface area contributed by atoms with E-state index < -0.39 is 0 Å². The summed E-state index contributed by atoms with van der Waals surface area (Å²) < 4.78 is 0. The Kier molecular flexibility index (Phi) is 5.62. The third kappa shape index (κ3) is 4.07. The normalized spacial score (nSPS) is 23.5. The molecular weight excluding hydrogens is 244 g/mol. The average Bonchev–Trinajstić information content (AvgIpc) is 2.46. The topological polar surface area (TPSA) is 29.3 Å². The molecular formula is C18H30N2. The lowest BCUT2D eigenvalue weighted by Gasteiger charge is -2.35. The maximum atomic E-state index is 6.02. The fraction of sp³-hybridized carbons (Fsp3) is 0.667. The van der Waals surface area contributed by atoms with E-state index in [9.17, 15) is 0 Å². The van der Waals surface area contributed by atoms with Crippen molar-refractivity contribution in [2.45, 2.75) is 71.0 Å². The van der Waals surface area contributed by atoms with Gasteiger partial charge in [-0.1, -0.05) is 45.0 Å². The summed E-state index contributed by atoms with van der Waals surface area (Å²) in [4.78, 5) is 2.62. The van der Waals surface area contributed by atoms with Crippen molar-refractivity contribution >= 4 is 0 Å². The minimum atomic E-state index is 0.440. The van der Waals surface area contributed by atoms with E-state index in [2.05, 4.69) is 49.9 Å². The van der Waals surface area contributed by atoms with Crippen molar-refractivity contribution in [3.63, 3.8) is 0 Å². The number of hydrogen-bond donors (Lipinski definition) is 1. The average molecular weight is 274 g/mol. The van der Waals surface area contributed by atoms with Crippen LogP contribution in [-0.2, 0) is 6.54 Å². The lowest BCUT2D eigenvalue weighted by molar-refractivity contribution is 0.149. The van der Waals surface area contributed by atoms with Crippen LogP contribution in [0, 0.1) is 0 Å². The maximum absolute atomic E-state index is 6.02. The highest BCUT2D eigenvalue weighted by Crippen LogP contribution is 2.24. The summed E-state index contributed by atoms with van der Waals surface area (Å²) >= 11 is 0. The first-order valence-electron chi connectivity index (χ1n) is 8.18. The van der Waals surface area contributed by atoms with Gasteiger partial charge in [0.25, 0.3) is 0 Å². The van der Waals surface area contributed by atoms with E-state index in [1.165, 1.54) is 36.8 Å². The summed E-state index contributed by atoms with van der Waals surface area (Å²) in [6.07, 6.45) is 4.90. The molecule has 0 amide bonds. The highest BCUT2D eigenvalue weighted by molar-refractivity contribution is 5.24. The second-order valence-corrected chi connectivity index (χ2v) is 6.53. The Labute approximate surface area is 124 Å². The molecule has 112 valence electrons. The molecule has 2 nitrogen and oxygen atoms in total. The Morgan fingerprint density at radius 3 is 2.20 bits per heavy atom. The number of nitrogens with zero attached hydrogens (tertiary/aromatic N) is 1. The molecule has 0 bridgehead atoms. The van der Waals surface area contributed by atoms with Crippen LogP contribution in [0.25, 0.3) is 0 Å². The van der Waals surface area contributed by atoms with Crippen LogP contribution in [0.4, 0.5) is 0 Å². The first kappa shape index (κ1) is 15.5. The first-order valence-corrected chi connectivity index (χ1v) is 8.18. The van der Waals surface area contributed by atoms with Gasteiger partial charge >= 0.3 is 0 Å². The number of rotatable bonds is 5. The third-order valence-corrected chi connectivity index (χ3v) is 4.70. The monoisotopic (exact) mass is 274 g/mol. The molecule has 0 aliphatic heterocycles. The predicted molar refractivity (Wildman–Crippen MR) is 86.8 cm³/mol. The standard InChI is InChI=1S/C18H30N2/c1-4-20(18-11-9-17(19)10-12-18)13-15-5-7-16(8-6-15)14(2)3/h5-8,14,17-18H,4,9-13,19H2,1-3H3. The Bertz CT molecular complexity index is 388. The summed E-state index contributed by atoms with van der Waals surface area (Å²) in [6, 6.07) is 10.3. The summed E-state index contributed by atoms with van der Waals surface area (Å²) in [5.74, 6) is 0.617. The second-order valence-electron chi connectivity index (χ2n) is 6.53. The lowest BCUT2D eigenvalue weighted by atomic mass is 9.90. The van der Waals surface area contributed by atoms with Crippen LogP contribution in [0.2, 0.25) is 0 Å². The minimum absolute atomic E-state index is 0.440. The zero-order chi connectivity index (χ0) is 14.5. The molecule has 0 atom stereocenters. The quantitative estimate of drug-likeness (QED) is 0.882. The zero-order valence-corrected chi connectivity index (χ0v) is 13.3. The Morgan fingerprint density at radius 1 is 1.10 bits per heavy atom. The largest absolute Gasteiger partial charge is 0.328 e. The Balaban J connectivity index is 1.95. The highest BCUT2D eigenvalue weighted by Gasteiger charge is 2.23. The summed E-state index contributed by atoms with van der Waals surface area (Å²) in [5.41, 5.74) is 8.88. The molecule has 1 aromatic rings. The fourth-order valence-electron chi connectivity index (χ4n) is 3.21. The Morgan fingerprint density at radius 2 is 1.70 bits per heavy atom. The molecule has 20 heavy (non-hydrogen) atoms. The van der Waals surface area contributed by atoms with Crippen molar-refractivity contribution < 1.29 is 0 Å². The van der Waals surface area contributed by atoms with Crippen molar-refractivity contribution in [2.24, 2.45) is 5.73 Å². The molecule has 0 spiro atoms. The van der Waals surface area contributed by atoms with Gasteiger partial charge in [-0.25, -0.2) is 0 Å². The fourth-order valence-corrected chi connectivity index (χ4v) is 3.21. The van der Waals surface area contributed by atoms with Gasteiger partial charge < -0.3 is 5.73 Å². The van der Waals surface area contributed by atoms with Gasteiger partial charge in [-0.15, -0.1) is 0 Å². The van der Waals surface area contributed by atoms with Crippen LogP contribution in [0.1, 0.15) is 63.5 Å². The number of benzene rings is 1. The summed E-state index contributed by atoms with van der Waals surface area (Å²) in [5, 5.41) is 0. The van der Waals surface area contributed by atoms with E-state index in [0.717, 1.165) is 19.1 Å². The number of nitrogens with two attached hydrogens (primary N) is 1. The van der Waals surface area contributed by atoms with Crippen molar-refractivity contribution in [3.05, 3.63) is 35.4 Å². The molecule has 0 radical (unpaired) electrons. The van der Waals surface area contributed by atoms with Gasteiger partial charge in [-0.3, -0.25) is 4.90 Å². The van der Waals surface area contributed by atoms with Gasteiger partial charge in [-0.05, 0) is 49.3 Å². The molecule has 0 aromatic heterocycles. The molecule has 2 N–H and O–H groups in total. The summed E-state index contributed by atoms with van der Waals surface area (Å²) in [6.45, 7) is 8.98. The van der Waals surface area contributed by atoms with E-state index >= 15 is 0 Å². The molecule has 0 unspecified atom stereocenters. The molecule has 2 rings (SSSR count). The molecule has 1 saturated carbocycles. The van der Waals surface area contributed by atoms with Crippen molar-refractivity contribution in [2.75, 3.05) is 6.54 Å². The van der Waals surface area contributed by atoms with E-state index in [1.807, 2.05) is 0 Å². The molecule has 2 heteroatoms. The smallest absolute Gasteiger partial charge is 0.0236 e. The first-order chi connectivity index (χ1) is 9.60. The molecule has 1 aliphatic carbocycles. The van der Waals surface area contributed by atoms with Crippen LogP contribution in [0.15, 0.2) is 24.3 Å². The molecule has 1 fully saturated rings. The second kappa shape index (κ2) is 7.24. The maximum Gasteiger partial charge on any atom is 0.0236 e. The van der Waals surface area contributed by atoms with E-state index in [1.54, 1.807) is 0 Å². The zero-order valence-electron chi connectivity index (χ0n) is 13.3. The minimum Gasteiger partial charge on any atom is -0.328 e. The SMILES string of the molecule is CCN(Cc1ccc(C(C)C)cc1)C1CCC(N)CC1. The van der Waals surface area contributed by atoms with Crippen LogP contribution in [0.5, 0.6) is 0 Å². The van der Waals surface area contributed by atoms with Crippen molar-refractivity contribution in [1.29, 1.82) is 0 Å². The third-order valence-electron chi connectivity index (χ3n) is 4.70. The van der Waals surface area contributed by atoms with Gasteiger partial charge in [0, 0.05) is 18.6 Å². The van der Waals surface area contributed by atoms with Gasteiger partial charge in [0.15, 0.2) is 0 Å². The van der Waals surface area contributed by atoms with Gasteiger partial charge in [0.1, 0.15) is 0 Å². The van der Waals surface area contributed by atoms with E-state index in [4.69, 9.17) is 5.73 Å².